The Bertz CT molecular complexity index is 412. The van der Waals surface area contributed by atoms with E-state index in [1.54, 1.807) is 21.1 Å². The monoisotopic (exact) mass is 236 g/mol. The normalized spacial score (nSPS) is 9.82. The van der Waals surface area contributed by atoms with E-state index < -0.39 is 0 Å². The number of aromatic hydroxyl groups is 1. The molecule has 5 nitrogen and oxygen atoms in total. The molecule has 0 aliphatic carbocycles. The van der Waals surface area contributed by atoms with Crippen LogP contribution in [0.5, 0.6) is 5.75 Å². The molecule has 1 aromatic carbocycles. The molecule has 0 atom stereocenters. The van der Waals surface area contributed by atoms with E-state index in [0.29, 0.717) is 5.56 Å². The van der Waals surface area contributed by atoms with Gasteiger partial charge in [-0.2, -0.15) is 0 Å². The lowest BCUT2D eigenvalue weighted by molar-refractivity contribution is -0.129. The molecule has 0 radical (unpaired) electrons. The van der Waals surface area contributed by atoms with Crippen LogP contribution in [0.2, 0.25) is 0 Å². The van der Waals surface area contributed by atoms with Crippen LogP contribution in [0.1, 0.15) is 10.4 Å². The summed E-state index contributed by atoms with van der Waals surface area (Å²) < 4.78 is 0. The standard InChI is InChI=1S/C12H16N2O3/c1-13(2)11(16)8-14(3)12(17)9-4-6-10(15)7-5-9/h4-7,15H,8H2,1-3H3. The van der Waals surface area contributed by atoms with Crippen LogP contribution in [0.3, 0.4) is 0 Å². The third-order valence-corrected chi connectivity index (χ3v) is 2.33. The van der Waals surface area contributed by atoms with Crippen LogP contribution >= 0.6 is 0 Å². The predicted molar refractivity (Wildman–Crippen MR) is 63.8 cm³/mol. The lowest BCUT2D eigenvalue weighted by atomic mass is 10.2. The summed E-state index contributed by atoms with van der Waals surface area (Å²) >= 11 is 0. The summed E-state index contributed by atoms with van der Waals surface area (Å²) in [5.41, 5.74) is 0.442. The van der Waals surface area contributed by atoms with Crippen LogP contribution in [-0.4, -0.2) is 54.4 Å². The maximum atomic E-state index is 11.9. The minimum Gasteiger partial charge on any atom is -0.508 e. The first-order chi connectivity index (χ1) is 7.91. The van der Waals surface area contributed by atoms with E-state index >= 15 is 0 Å². The highest BCUT2D eigenvalue weighted by Crippen LogP contribution is 2.11. The molecule has 1 aromatic rings. The number of likely N-dealkylation sites (N-methyl/N-ethyl adjacent to an activating group) is 2. The van der Waals surface area contributed by atoms with Crippen molar-refractivity contribution in [1.82, 2.24) is 9.80 Å². The molecule has 0 aliphatic rings. The second-order valence-electron chi connectivity index (χ2n) is 4.00. The van der Waals surface area contributed by atoms with E-state index in [-0.39, 0.29) is 24.1 Å². The van der Waals surface area contributed by atoms with Gasteiger partial charge in [-0.25, -0.2) is 0 Å². The Balaban J connectivity index is 2.70. The van der Waals surface area contributed by atoms with Crippen LogP contribution < -0.4 is 0 Å². The topological polar surface area (TPSA) is 60.9 Å². The van der Waals surface area contributed by atoms with Crippen LogP contribution in [0.4, 0.5) is 0 Å². The lowest BCUT2D eigenvalue weighted by Gasteiger charge is -2.19. The van der Waals surface area contributed by atoms with Gasteiger partial charge in [0.15, 0.2) is 0 Å². The summed E-state index contributed by atoms with van der Waals surface area (Å²) in [5, 5.41) is 9.11. The highest BCUT2D eigenvalue weighted by molar-refractivity contribution is 5.96. The first-order valence-corrected chi connectivity index (χ1v) is 5.16. The third-order valence-electron chi connectivity index (χ3n) is 2.33. The summed E-state index contributed by atoms with van der Waals surface area (Å²) in [6.07, 6.45) is 0. The summed E-state index contributed by atoms with van der Waals surface area (Å²) in [6.45, 7) is 0.0344. The van der Waals surface area contributed by atoms with Gasteiger partial charge in [0.05, 0.1) is 6.54 Å². The number of nitrogens with zero attached hydrogens (tertiary/aromatic N) is 2. The molecule has 92 valence electrons. The van der Waals surface area contributed by atoms with Crippen LogP contribution in [0.15, 0.2) is 24.3 Å². The molecule has 17 heavy (non-hydrogen) atoms. The Kier molecular flexibility index (Phi) is 4.09. The second-order valence-corrected chi connectivity index (χ2v) is 4.00. The molecular weight excluding hydrogens is 220 g/mol. The summed E-state index contributed by atoms with van der Waals surface area (Å²) in [6, 6.07) is 5.92. The van der Waals surface area contributed by atoms with Crippen molar-refractivity contribution >= 4 is 11.8 Å². The Labute approximate surface area is 100 Å². The fourth-order valence-electron chi connectivity index (χ4n) is 1.24. The number of amides is 2. The Morgan fingerprint density at radius 1 is 1.12 bits per heavy atom. The molecule has 1 rings (SSSR count). The average Bonchev–Trinajstić information content (AvgIpc) is 2.28. The van der Waals surface area contributed by atoms with Crippen molar-refractivity contribution in [1.29, 1.82) is 0 Å². The Morgan fingerprint density at radius 2 is 1.65 bits per heavy atom. The van der Waals surface area contributed by atoms with Crippen molar-refractivity contribution < 1.29 is 14.7 Å². The quantitative estimate of drug-likeness (QED) is 0.833. The minimum atomic E-state index is -0.250. The van der Waals surface area contributed by atoms with Crippen LogP contribution in [0.25, 0.3) is 0 Å². The predicted octanol–water partition coefficient (Wildman–Crippen LogP) is 0.552. The van der Waals surface area contributed by atoms with Gasteiger partial charge in [-0.3, -0.25) is 9.59 Å². The van der Waals surface area contributed by atoms with Crippen molar-refractivity contribution in [2.75, 3.05) is 27.7 Å². The third kappa shape index (κ3) is 3.48. The van der Waals surface area contributed by atoms with Crippen LogP contribution in [0, 0.1) is 0 Å². The molecule has 2 amide bonds. The number of carbonyl (C=O) groups excluding carboxylic acids is 2. The van der Waals surface area contributed by atoms with E-state index in [2.05, 4.69) is 0 Å². The van der Waals surface area contributed by atoms with Gasteiger partial charge in [-0.1, -0.05) is 0 Å². The molecular formula is C12H16N2O3. The zero-order chi connectivity index (χ0) is 13.0. The highest BCUT2D eigenvalue weighted by atomic mass is 16.3. The van der Waals surface area contributed by atoms with Crippen molar-refractivity contribution in [3.8, 4) is 5.75 Å². The molecule has 0 spiro atoms. The number of hydrogen-bond donors (Lipinski definition) is 1. The molecule has 5 heteroatoms. The van der Waals surface area contributed by atoms with Crippen molar-refractivity contribution in [2.45, 2.75) is 0 Å². The molecule has 0 unspecified atom stereocenters. The summed E-state index contributed by atoms with van der Waals surface area (Å²) in [4.78, 5) is 26.1. The van der Waals surface area contributed by atoms with Gasteiger partial charge in [0.1, 0.15) is 5.75 Å². The number of rotatable bonds is 3. The first-order valence-electron chi connectivity index (χ1n) is 5.16. The zero-order valence-corrected chi connectivity index (χ0v) is 10.2. The smallest absolute Gasteiger partial charge is 0.254 e. The van der Waals surface area contributed by atoms with E-state index in [1.165, 1.54) is 34.1 Å². The number of phenolic OH excluding ortho intramolecular Hbond substituents is 1. The second kappa shape index (κ2) is 5.34. The lowest BCUT2D eigenvalue weighted by Crippen LogP contribution is -2.37. The Morgan fingerprint density at radius 3 is 2.12 bits per heavy atom. The molecule has 0 saturated heterocycles. The van der Waals surface area contributed by atoms with Crippen LogP contribution in [-0.2, 0) is 4.79 Å². The van der Waals surface area contributed by atoms with Gasteiger partial charge in [-0.15, -0.1) is 0 Å². The number of hydrogen-bond acceptors (Lipinski definition) is 3. The highest BCUT2D eigenvalue weighted by Gasteiger charge is 2.15. The van der Waals surface area contributed by atoms with Gasteiger partial charge in [0.25, 0.3) is 5.91 Å². The maximum Gasteiger partial charge on any atom is 0.254 e. The molecule has 0 bridgehead atoms. The first kappa shape index (κ1) is 13.0. The van der Waals surface area contributed by atoms with Crippen molar-refractivity contribution in [3.63, 3.8) is 0 Å². The van der Waals surface area contributed by atoms with Gasteiger partial charge in [0, 0.05) is 26.7 Å². The van der Waals surface area contributed by atoms with Crippen molar-refractivity contribution in [2.24, 2.45) is 0 Å². The van der Waals surface area contributed by atoms with Gasteiger partial charge in [-0.05, 0) is 24.3 Å². The van der Waals surface area contributed by atoms with Gasteiger partial charge < -0.3 is 14.9 Å². The maximum absolute atomic E-state index is 11.9. The molecule has 0 saturated carbocycles. The van der Waals surface area contributed by atoms with E-state index in [9.17, 15) is 9.59 Å². The molecule has 0 aliphatic heterocycles. The van der Waals surface area contributed by atoms with E-state index in [1.807, 2.05) is 0 Å². The number of carbonyl (C=O) groups is 2. The summed E-state index contributed by atoms with van der Waals surface area (Å²) in [7, 11) is 4.85. The molecule has 0 aromatic heterocycles. The minimum absolute atomic E-state index is 0.0344. The zero-order valence-electron chi connectivity index (χ0n) is 10.2. The SMILES string of the molecule is CN(C)C(=O)CN(C)C(=O)c1ccc(O)cc1. The number of phenols is 1. The molecule has 1 N–H and O–H groups in total. The molecule has 0 fully saturated rings. The van der Waals surface area contributed by atoms with Gasteiger partial charge >= 0.3 is 0 Å². The molecule has 0 heterocycles. The van der Waals surface area contributed by atoms with Crippen molar-refractivity contribution in [3.05, 3.63) is 29.8 Å². The average molecular weight is 236 g/mol. The van der Waals surface area contributed by atoms with E-state index in [0.717, 1.165) is 0 Å². The summed E-state index contributed by atoms with van der Waals surface area (Å²) in [5.74, 6) is -0.284. The van der Waals surface area contributed by atoms with Gasteiger partial charge in [0.2, 0.25) is 5.91 Å². The number of benzene rings is 1. The largest absolute Gasteiger partial charge is 0.508 e. The Hall–Kier alpha value is -2.04. The van der Waals surface area contributed by atoms with E-state index in [4.69, 9.17) is 5.11 Å². The fraction of sp³-hybridized carbons (Fsp3) is 0.333. The fourth-order valence-corrected chi connectivity index (χ4v) is 1.24.